The van der Waals surface area contributed by atoms with Crippen LogP contribution < -0.4 is 10.6 Å². The van der Waals surface area contributed by atoms with E-state index in [1.165, 1.54) is 12.1 Å². The second kappa shape index (κ2) is 17.0. The number of terminal acetylenes is 1. The van der Waals surface area contributed by atoms with Gasteiger partial charge in [0.25, 0.3) is 0 Å². The van der Waals surface area contributed by atoms with E-state index in [4.69, 9.17) is 15.9 Å². The quantitative estimate of drug-likeness (QED) is 0.137. The molecule has 0 radical (unpaired) electrons. The standard InChI is InChI=1S/C39H44N4O7/c1-8-26-14-18-29(19-15-26)33(34(45)41-32(36(47)49-38(2,3)4)25-27-12-10-9-11-13-27)43(23-22-40)35(46)31(42-37(48)50-39(5,6)7)24-28-16-20-30(44)21-17-28/h1,9-21,31-33,44H,23-25H2,2-7H3,(H,41,45)(H,42,48). The topological polar surface area (TPSA) is 158 Å². The highest BCUT2D eigenvalue weighted by Gasteiger charge is 2.38. The highest BCUT2D eigenvalue weighted by Crippen LogP contribution is 2.25. The van der Waals surface area contributed by atoms with Crippen LogP contribution in [0.5, 0.6) is 5.75 Å². The van der Waals surface area contributed by atoms with Crippen molar-refractivity contribution in [3.8, 4) is 24.2 Å². The van der Waals surface area contributed by atoms with Crippen LogP contribution in [0.3, 0.4) is 0 Å². The van der Waals surface area contributed by atoms with E-state index in [1.807, 2.05) is 12.1 Å². The van der Waals surface area contributed by atoms with Gasteiger partial charge in [0.2, 0.25) is 11.8 Å². The van der Waals surface area contributed by atoms with Gasteiger partial charge in [-0.3, -0.25) is 9.59 Å². The minimum absolute atomic E-state index is 0.00466. The molecule has 3 aromatic rings. The van der Waals surface area contributed by atoms with Gasteiger partial charge in [-0.1, -0.05) is 60.5 Å². The molecule has 0 fully saturated rings. The number of carbonyl (C=O) groups excluding carboxylic acids is 4. The van der Waals surface area contributed by atoms with E-state index in [9.17, 15) is 29.5 Å². The van der Waals surface area contributed by atoms with Gasteiger partial charge in [-0.05, 0) is 82.5 Å². The number of ether oxygens (including phenoxy) is 2. The predicted octanol–water partition coefficient (Wildman–Crippen LogP) is 4.97. The molecular weight excluding hydrogens is 636 g/mol. The molecule has 3 N–H and O–H groups in total. The van der Waals surface area contributed by atoms with Crippen molar-refractivity contribution in [1.82, 2.24) is 15.5 Å². The third-order valence-corrected chi connectivity index (χ3v) is 7.13. The Morgan fingerprint density at radius 2 is 1.36 bits per heavy atom. The number of phenolic OH excluding ortho intramolecular Hbond substituents is 1. The number of nitriles is 1. The second-order valence-electron chi connectivity index (χ2n) is 13.6. The summed E-state index contributed by atoms with van der Waals surface area (Å²) in [6.07, 6.45) is 4.69. The second-order valence-corrected chi connectivity index (χ2v) is 13.6. The minimum Gasteiger partial charge on any atom is -0.508 e. The molecule has 0 aliphatic heterocycles. The minimum atomic E-state index is -1.45. The average molecular weight is 681 g/mol. The Morgan fingerprint density at radius 3 is 1.90 bits per heavy atom. The monoisotopic (exact) mass is 680 g/mol. The number of rotatable bonds is 12. The number of hydrogen-bond donors (Lipinski definition) is 3. The van der Waals surface area contributed by atoms with Crippen LogP contribution in [0.2, 0.25) is 0 Å². The molecular formula is C39H44N4O7. The first-order valence-electron chi connectivity index (χ1n) is 16.1. The highest BCUT2D eigenvalue weighted by molar-refractivity contribution is 5.94. The van der Waals surface area contributed by atoms with Gasteiger partial charge in [0.05, 0.1) is 6.07 Å². The Balaban J connectivity index is 2.10. The summed E-state index contributed by atoms with van der Waals surface area (Å²) >= 11 is 0. The predicted molar refractivity (Wildman–Crippen MR) is 187 cm³/mol. The Morgan fingerprint density at radius 1 is 0.800 bits per heavy atom. The van der Waals surface area contributed by atoms with E-state index in [0.717, 1.165) is 10.5 Å². The molecule has 0 aliphatic rings. The summed E-state index contributed by atoms with van der Waals surface area (Å²) in [6.45, 7) is 9.57. The lowest BCUT2D eigenvalue weighted by atomic mass is 9.98. The molecule has 3 atom stereocenters. The van der Waals surface area contributed by atoms with Crippen LogP contribution in [0.4, 0.5) is 4.79 Å². The van der Waals surface area contributed by atoms with Crippen molar-refractivity contribution >= 4 is 23.9 Å². The van der Waals surface area contributed by atoms with E-state index in [1.54, 1.807) is 102 Å². The van der Waals surface area contributed by atoms with Crippen LogP contribution in [-0.4, -0.2) is 63.7 Å². The largest absolute Gasteiger partial charge is 0.508 e. The van der Waals surface area contributed by atoms with Gasteiger partial charge < -0.3 is 30.1 Å². The lowest BCUT2D eigenvalue weighted by Crippen LogP contribution is -2.55. The van der Waals surface area contributed by atoms with Crippen molar-refractivity contribution in [2.75, 3.05) is 6.54 Å². The number of benzene rings is 3. The van der Waals surface area contributed by atoms with Gasteiger partial charge in [0.15, 0.2) is 0 Å². The van der Waals surface area contributed by atoms with Crippen LogP contribution in [0.1, 0.15) is 69.8 Å². The fourth-order valence-electron chi connectivity index (χ4n) is 4.99. The Kier molecular flexibility index (Phi) is 13.2. The number of esters is 1. The SMILES string of the molecule is C#Cc1ccc(C(C(=O)NC(Cc2ccccc2)C(=O)OC(C)(C)C)N(CC#N)C(=O)C(Cc2ccc(O)cc2)NC(=O)OC(C)(C)C)cc1. The van der Waals surface area contributed by atoms with Crippen molar-refractivity contribution in [2.24, 2.45) is 0 Å². The lowest BCUT2D eigenvalue weighted by Gasteiger charge is -2.34. The summed E-state index contributed by atoms with van der Waals surface area (Å²) in [5.74, 6) is 0.284. The molecule has 3 rings (SSSR count). The van der Waals surface area contributed by atoms with Gasteiger partial charge >= 0.3 is 12.1 Å². The summed E-state index contributed by atoms with van der Waals surface area (Å²) < 4.78 is 11.1. The zero-order chi connectivity index (χ0) is 37.1. The van der Waals surface area contributed by atoms with E-state index in [-0.39, 0.29) is 18.6 Å². The van der Waals surface area contributed by atoms with Crippen LogP contribution in [-0.2, 0) is 36.7 Å². The molecule has 11 heteroatoms. The zero-order valence-corrected chi connectivity index (χ0v) is 29.2. The molecule has 0 aliphatic carbocycles. The van der Waals surface area contributed by atoms with Crippen LogP contribution in [0.25, 0.3) is 0 Å². The molecule has 3 aromatic carbocycles. The first-order chi connectivity index (χ1) is 23.5. The molecule has 0 saturated heterocycles. The van der Waals surface area contributed by atoms with E-state index in [2.05, 4.69) is 16.6 Å². The fraction of sp³-hybridized carbons (Fsp3) is 0.359. The van der Waals surface area contributed by atoms with Crippen molar-refractivity contribution in [1.29, 1.82) is 5.26 Å². The van der Waals surface area contributed by atoms with Crippen molar-refractivity contribution < 1.29 is 33.8 Å². The third-order valence-electron chi connectivity index (χ3n) is 7.13. The lowest BCUT2D eigenvalue weighted by molar-refractivity contribution is -0.159. The molecule has 0 aromatic heterocycles. The Bertz CT molecular complexity index is 1710. The van der Waals surface area contributed by atoms with Crippen molar-refractivity contribution in [3.05, 3.63) is 101 Å². The molecule has 262 valence electrons. The number of aromatic hydroxyl groups is 1. The molecule has 0 bridgehead atoms. The molecule has 3 amide bonds. The first kappa shape index (κ1) is 38.6. The molecule has 50 heavy (non-hydrogen) atoms. The number of amides is 3. The normalized spacial score (nSPS) is 13.0. The average Bonchev–Trinajstić information content (AvgIpc) is 3.03. The van der Waals surface area contributed by atoms with Crippen LogP contribution in [0, 0.1) is 23.7 Å². The fourth-order valence-corrected chi connectivity index (χ4v) is 4.99. The van der Waals surface area contributed by atoms with Crippen LogP contribution in [0.15, 0.2) is 78.9 Å². The highest BCUT2D eigenvalue weighted by atomic mass is 16.6. The molecule has 0 saturated carbocycles. The first-order valence-corrected chi connectivity index (χ1v) is 16.1. The Hall–Kier alpha value is -5.81. The molecule has 0 heterocycles. The van der Waals surface area contributed by atoms with E-state index in [0.29, 0.717) is 16.7 Å². The Labute approximate surface area is 293 Å². The van der Waals surface area contributed by atoms with E-state index >= 15 is 0 Å². The van der Waals surface area contributed by atoms with Gasteiger partial charge in [-0.25, -0.2) is 9.59 Å². The smallest absolute Gasteiger partial charge is 0.408 e. The maximum Gasteiger partial charge on any atom is 0.408 e. The summed E-state index contributed by atoms with van der Waals surface area (Å²) in [5.41, 5.74) is 0.380. The summed E-state index contributed by atoms with van der Waals surface area (Å²) in [5, 5.41) is 25.1. The number of nitrogens with one attached hydrogen (secondary N) is 2. The summed E-state index contributed by atoms with van der Waals surface area (Å²) in [6, 6.07) is 19.4. The number of carbonyl (C=O) groups is 4. The maximum atomic E-state index is 14.5. The van der Waals surface area contributed by atoms with Gasteiger partial charge in [0.1, 0.15) is 41.6 Å². The van der Waals surface area contributed by atoms with Crippen LogP contribution >= 0.6 is 0 Å². The number of hydrogen-bond acceptors (Lipinski definition) is 8. The van der Waals surface area contributed by atoms with Gasteiger partial charge in [-0.2, -0.15) is 5.26 Å². The van der Waals surface area contributed by atoms with Gasteiger partial charge in [-0.15, -0.1) is 6.42 Å². The maximum absolute atomic E-state index is 14.5. The van der Waals surface area contributed by atoms with Crippen molar-refractivity contribution in [3.63, 3.8) is 0 Å². The zero-order valence-electron chi connectivity index (χ0n) is 29.2. The summed E-state index contributed by atoms with van der Waals surface area (Å²) in [7, 11) is 0. The molecule has 3 unspecified atom stereocenters. The number of nitrogens with zero attached hydrogens (tertiary/aromatic N) is 2. The molecule has 11 nitrogen and oxygen atoms in total. The number of phenols is 1. The van der Waals surface area contributed by atoms with E-state index < -0.39 is 59.7 Å². The molecule has 0 spiro atoms. The third kappa shape index (κ3) is 12.0. The number of alkyl carbamates (subject to hydrolysis) is 1. The van der Waals surface area contributed by atoms with Crippen molar-refractivity contribution in [2.45, 2.75) is 83.7 Å². The van der Waals surface area contributed by atoms with Gasteiger partial charge in [0, 0.05) is 18.4 Å². The summed E-state index contributed by atoms with van der Waals surface area (Å²) in [4.78, 5) is 56.4.